The van der Waals surface area contributed by atoms with Crippen LogP contribution in [0.25, 0.3) is 0 Å². The van der Waals surface area contributed by atoms with E-state index in [1.165, 1.54) is 7.11 Å². The summed E-state index contributed by atoms with van der Waals surface area (Å²) in [5.74, 6) is 0.635. The maximum Gasteiger partial charge on any atom is 0.279 e. The van der Waals surface area contributed by atoms with Crippen LogP contribution in [0.15, 0.2) is 36.4 Å². The van der Waals surface area contributed by atoms with Gasteiger partial charge in [0.25, 0.3) is 11.8 Å². The van der Waals surface area contributed by atoms with Crippen LogP contribution in [0, 0.1) is 6.92 Å². The maximum absolute atomic E-state index is 12.3. The van der Waals surface area contributed by atoms with Crippen molar-refractivity contribution in [1.29, 1.82) is 0 Å². The number of methoxy groups -OCH3 is 2. The number of halogens is 1. The SMILES string of the molecule is COc1ccc(C)cc1NC(=O)C[NH+](C)CC(=O)Nc1cc(Cl)ccc1OC. The minimum atomic E-state index is -0.251. The zero-order valence-corrected chi connectivity index (χ0v) is 17.1. The van der Waals surface area contributed by atoms with E-state index >= 15 is 0 Å². The molecule has 0 aliphatic heterocycles. The van der Waals surface area contributed by atoms with E-state index < -0.39 is 0 Å². The number of hydrogen-bond donors (Lipinski definition) is 3. The molecule has 2 aromatic carbocycles. The minimum Gasteiger partial charge on any atom is -0.495 e. The van der Waals surface area contributed by atoms with Crippen molar-refractivity contribution >= 4 is 34.8 Å². The molecule has 2 rings (SSSR count). The van der Waals surface area contributed by atoms with Gasteiger partial charge in [0, 0.05) is 5.02 Å². The van der Waals surface area contributed by atoms with E-state index in [1.54, 1.807) is 38.4 Å². The number of nitrogens with one attached hydrogen (secondary N) is 3. The van der Waals surface area contributed by atoms with E-state index in [1.807, 2.05) is 19.1 Å². The summed E-state index contributed by atoms with van der Waals surface area (Å²) in [5.41, 5.74) is 2.10. The second-order valence-corrected chi connectivity index (χ2v) is 6.89. The molecule has 7 nitrogen and oxygen atoms in total. The lowest BCUT2D eigenvalue weighted by atomic mass is 10.2. The predicted molar refractivity (Wildman–Crippen MR) is 110 cm³/mol. The molecular formula is C20H25ClN3O4+. The number of ether oxygens (including phenoxy) is 2. The van der Waals surface area contributed by atoms with Gasteiger partial charge < -0.3 is 25.0 Å². The molecule has 0 radical (unpaired) electrons. The van der Waals surface area contributed by atoms with E-state index in [0.29, 0.717) is 27.9 Å². The zero-order valence-electron chi connectivity index (χ0n) is 16.4. The Bertz CT molecular complexity index is 788. The van der Waals surface area contributed by atoms with Crippen LogP contribution in [0.2, 0.25) is 5.02 Å². The van der Waals surface area contributed by atoms with Crippen LogP contribution in [0.1, 0.15) is 5.56 Å². The number of carbonyl (C=O) groups excluding carboxylic acids is 2. The van der Waals surface area contributed by atoms with Gasteiger partial charge in [-0.05, 0) is 42.8 Å². The van der Waals surface area contributed by atoms with Gasteiger partial charge >= 0.3 is 0 Å². The number of aryl methyl sites for hydroxylation is 1. The molecule has 0 bridgehead atoms. The maximum atomic E-state index is 12.3. The van der Waals surface area contributed by atoms with Crippen molar-refractivity contribution in [3.05, 3.63) is 47.0 Å². The fraction of sp³-hybridized carbons (Fsp3) is 0.300. The van der Waals surface area contributed by atoms with Crippen molar-refractivity contribution < 1.29 is 24.0 Å². The van der Waals surface area contributed by atoms with Crippen LogP contribution in [-0.2, 0) is 9.59 Å². The number of anilines is 2. The third-order valence-electron chi connectivity index (χ3n) is 3.99. The third kappa shape index (κ3) is 6.14. The Balaban J connectivity index is 1.92. The summed E-state index contributed by atoms with van der Waals surface area (Å²) in [6.07, 6.45) is 0. The van der Waals surface area contributed by atoms with Gasteiger partial charge in [0.1, 0.15) is 11.5 Å². The molecular weight excluding hydrogens is 382 g/mol. The van der Waals surface area contributed by atoms with Gasteiger partial charge in [-0.3, -0.25) is 9.59 Å². The smallest absolute Gasteiger partial charge is 0.279 e. The normalized spacial score (nSPS) is 11.5. The van der Waals surface area contributed by atoms with Crippen LogP contribution in [0.5, 0.6) is 11.5 Å². The van der Waals surface area contributed by atoms with Gasteiger partial charge in [0.05, 0.1) is 32.6 Å². The summed E-state index contributed by atoms with van der Waals surface area (Å²) >= 11 is 5.97. The predicted octanol–water partition coefficient (Wildman–Crippen LogP) is 1.76. The number of benzene rings is 2. The van der Waals surface area contributed by atoms with Crippen LogP contribution in [0.3, 0.4) is 0 Å². The molecule has 0 aliphatic carbocycles. The van der Waals surface area contributed by atoms with Gasteiger partial charge in [-0.1, -0.05) is 17.7 Å². The highest BCUT2D eigenvalue weighted by Gasteiger charge is 2.17. The average Bonchev–Trinajstić information content (AvgIpc) is 2.61. The summed E-state index contributed by atoms with van der Waals surface area (Å²) in [7, 11) is 4.83. The third-order valence-corrected chi connectivity index (χ3v) is 4.22. The van der Waals surface area contributed by atoms with Crippen molar-refractivity contribution in [2.24, 2.45) is 0 Å². The number of rotatable bonds is 8. The summed E-state index contributed by atoms with van der Waals surface area (Å²) in [5, 5.41) is 6.08. The Morgan fingerprint density at radius 1 is 0.929 bits per heavy atom. The quantitative estimate of drug-likeness (QED) is 0.624. The van der Waals surface area contributed by atoms with Crippen LogP contribution < -0.4 is 25.0 Å². The Morgan fingerprint density at radius 3 is 1.96 bits per heavy atom. The Kier molecular flexibility index (Phi) is 7.66. The Hall–Kier alpha value is -2.77. The summed E-state index contributed by atoms with van der Waals surface area (Å²) in [4.78, 5) is 25.4. The van der Waals surface area contributed by atoms with E-state index in [2.05, 4.69) is 10.6 Å². The van der Waals surface area contributed by atoms with Gasteiger partial charge in [-0.2, -0.15) is 0 Å². The van der Waals surface area contributed by atoms with Crippen molar-refractivity contribution in [3.63, 3.8) is 0 Å². The second-order valence-electron chi connectivity index (χ2n) is 6.46. The molecule has 28 heavy (non-hydrogen) atoms. The van der Waals surface area contributed by atoms with Crippen LogP contribution in [0.4, 0.5) is 11.4 Å². The lowest BCUT2D eigenvalue weighted by Crippen LogP contribution is -3.11. The van der Waals surface area contributed by atoms with Crippen LogP contribution in [-0.4, -0.2) is 46.2 Å². The molecule has 0 aliphatic rings. The van der Waals surface area contributed by atoms with Crippen molar-refractivity contribution in [2.45, 2.75) is 6.92 Å². The van der Waals surface area contributed by atoms with Gasteiger partial charge in [0.2, 0.25) is 0 Å². The molecule has 150 valence electrons. The fourth-order valence-corrected chi connectivity index (χ4v) is 2.87. The minimum absolute atomic E-state index is 0.105. The number of hydrogen-bond acceptors (Lipinski definition) is 4. The molecule has 0 aromatic heterocycles. The van der Waals surface area contributed by atoms with E-state index in [0.717, 1.165) is 10.5 Å². The molecule has 0 spiro atoms. The number of amides is 2. The molecule has 1 unspecified atom stereocenters. The Labute approximate surface area is 169 Å². The highest BCUT2D eigenvalue weighted by Crippen LogP contribution is 2.27. The first-order valence-corrected chi connectivity index (χ1v) is 9.09. The lowest BCUT2D eigenvalue weighted by Gasteiger charge is -2.16. The number of carbonyl (C=O) groups is 2. The van der Waals surface area contributed by atoms with Crippen molar-refractivity contribution in [2.75, 3.05) is 45.0 Å². The lowest BCUT2D eigenvalue weighted by molar-refractivity contribution is -0.862. The monoisotopic (exact) mass is 406 g/mol. The zero-order chi connectivity index (χ0) is 20.7. The first kappa shape index (κ1) is 21.5. The first-order chi connectivity index (χ1) is 13.3. The van der Waals surface area contributed by atoms with E-state index in [9.17, 15) is 9.59 Å². The Morgan fingerprint density at radius 2 is 1.43 bits per heavy atom. The molecule has 1 atom stereocenters. The number of likely N-dealkylation sites (N-methyl/N-ethyl adjacent to an activating group) is 1. The highest BCUT2D eigenvalue weighted by molar-refractivity contribution is 6.31. The molecule has 3 N–H and O–H groups in total. The van der Waals surface area contributed by atoms with E-state index in [-0.39, 0.29) is 24.9 Å². The molecule has 0 saturated carbocycles. The first-order valence-electron chi connectivity index (χ1n) is 8.71. The van der Waals surface area contributed by atoms with Crippen molar-refractivity contribution in [3.8, 4) is 11.5 Å². The fourth-order valence-electron chi connectivity index (χ4n) is 2.70. The molecule has 2 aromatic rings. The highest BCUT2D eigenvalue weighted by atomic mass is 35.5. The van der Waals surface area contributed by atoms with Crippen LogP contribution >= 0.6 is 11.6 Å². The standard InChI is InChI=1S/C20H24ClN3O4/c1-13-5-7-17(27-3)15(9-13)22-19(25)11-24(2)12-20(26)23-16-10-14(21)6-8-18(16)28-4/h5-10H,11-12H2,1-4H3,(H,22,25)(H,23,26)/p+1. The molecule has 0 heterocycles. The number of quaternary nitrogens is 1. The van der Waals surface area contributed by atoms with Gasteiger partial charge in [-0.15, -0.1) is 0 Å². The van der Waals surface area contributed by atoms with E-state index in [4.69, 9.17) is 21.1 Å². The molecule has 0 fully saturated rings. The average molecular weight is 407 g/mol. The topological polar surface area (TPSA) is 81.1 Å². The molecule has 2 amide bonds. The summed E-state index contributed by atoms with van der Waals surface area (Å²) in [6.45, 7) is 2.16. The largest absolute Gasteiger partial charge is 0.495 e. The van der Waals surface area contributed by atoms with Gasteiger partial charge in [-0.25, -0.2) is 0 Å². The van der Waals surface area contributed by atoms with Crippen molar-refractivity contribution in [1.82, 2.24) is 0 Å². The van der Waals surface area contributed by atoms with Gasteiger partial charge in [0.15, 0.2) is 13.1 Å². The molecule has 0 saturated heterocycles. The summed E-state index contributed by atoms with van der Waals surface area (Å²) < 4.78 is 10.5. The second kappa shape index (κ2) is 9.96. The molecule has 8 heteroatoms. The summed E-state index contributed by atoms with van der Waals surface area (Å²) in [6, 6.07) is 10.5.